The van der Waals surface area contributed by atoms with Gasteiger partial charge in [0.15, 0.2) is 0 Å². The number of carbonyl (C=O) groups excluding carboxylic acids is 1. The minimum atomic E-state index is 0.396. The van der Waals surface area contributed by atoms with Crippen LogP contribution < -0.4 is 0 Å². The van der Waals surface area contributed by atoms with Gasteiger partial charge in [-0.05, 0) is 74.8 Å². The maximum absolute atomic E-state index is 12.3. The van der Waals surface area contributed by atoms with E-state index >= 15 is 0 Å². The highest BCUT2D eigenvalue weighted by atomic mass is 16.1. The molecule has 0 saturated carbocycles. The largest absolute Gasteiger partial charge is 0.303 e. The molecule has 23 heavy (non-hydrogen) atoms. The van der Waals surface area contributed by atoms with Crippen molar-refractivity contribution in [2.75, 3.05) is 19.6 Å². The number of piperidine rings is 1. The van der Waals surface area contributed by atoms with Crippen molar-refractivity contribution in [3.8, 4) is 0 Å². The molecular weight excluding hydrogens is 282 g/mol. The lowest BCUT2D eigenvalue weighted by Gasteiger charge is -2.26. The number of benzene rings is 1. The number of likely N-dealkylation sites (tertiary alicyclic amines) is 1. The Balaban J connectivity index is 1.73. The Morgan fingerprint density at radius 1 is 1.13 bits per heavy atom. The fourth-order valence-corrected chi connectivity index (χ4v) is 3.66. The van der Waals surface area contributed by atoms with Crippen LogP contribution in [0.1, 0.15) is 75.0 Å². The monoisotopic (exact) mass is 315 g/mol. The number of hydrogen-bond donors (Lipinski definition) is 0. The molecule has 0 aliphatic carbocycles. The van der Waals surface area contributed by atoms with Crippen LogP contribution in [-0.2, 0) is 11.2 Å². The SMILES string of the molecule is Cc1c(CC(=O)CCCCN2CCCCC2)cccc1C(C)C. The minimum Gasteiger partial charge on any atom is -0.303 e. The van der Waals surface area contributed by atoms with Gasteiger partial charge in [-0.1, -0.05) is 38.5 Å². The summed E-state index contributed by atoms with van der Waals surface area (Å²) >= 11 is 0. The van der Waals surface area contributed by atoms with Gasteiger partial charge in [0.25, 0.3) is 0 Å². The fourth-order valence-electron chi connectivity index (χ4n) is 3.66. The van der Waals surface area contributed by atoms with E-state index in [1.807, 2.05) is 0 Å². The molecule has 1 aliphatic heterocycles. The van der Waals surface area contributed by atoms with Gasteiger partial charge < -0.3 is 4.90 Å². The zero-order chi connectivity index (χ0) is 16.7. The van der Waals surface area contributed by atoms with Crippen molar-refractivity contribution >= 4 is 5.78 Å². The van der Waals surface area contributed by atoms with E-state index < -0.39 is 0 Å². The van der Waals surface area contributed by atoms with E-state index in [-0.39, 0.29) is 0 Å². The third-order valence-electron chi connectivity index (χ3n) is 5.13. The molecule has 2 nitrogen and oxygen atoms in total. The van der Waals surface area contributed by atoms with E-state index in [4.69, 9.17) is 0 Å². The Morgan fingerprint density at radius 2 is 1.87 bits per heavy atom. The van der Waals surface area contributed by atoms with Crippen molar-refractivity contribution in [1.82, 2.24) is 4.90 Å². The number of Topliss-reactive ketones (excluding diaryl/α,β-unsaturated/α-hetero) is 1. The molecule has 0 amide bonds. The van der Waals surface area contributed by atoms with Crippen LogP contribution >= 0.6 is 0 Å². The summed E-state index contributed by atoms with van der Waals surface area (Å²) in [6.45, 7) is 10.3. The van der Waals surface area contributed by atoms with Crippen molar-refractivity contribution < 1.29 is 4.79 Å². The molecule has 0 aromatic heterocycles. The predicted octanol–water partition coefficient (Wildman–Crippen LogP) is 4.89. The number of ketones is 1. The third-order valence-corrected chi connectivity index (χ3v) is 5.13. The van der Waals surface area contributed by atoms with Gasteiger partial charge >= 0.3 is 0 Å². The van der Waals surface area contributed by atoms with Crippen LogP contribution in [0.4, 0.5) is 0 Å². The Morgan fingerprint density at radius 3 is 2.57 bits per heavy atom. The number of rotatable bonds is 8. The molecular formula is C21H33NO. The number of nitrogens with zero attached hydrogens (tertiary/aromatic N) is 1. The second kappa shape index (κ2) is 9.22. The summed E-state index contributed by atoms with van der Waals surface area (Å²) in [6.07, 6.45) is 7.64. The van der Waals surface area contributed by atoms with Gasteiger partial charge in [0, 0.05) is 12.8 Å². The first kappa shape index (κ1) is 18.2. The molecule has 0 spiro atoms. The second-order valence-electron chi connectivity index (χ2n) is 7.36. The van der Waals surface area contributed by atoms with Gasteiger partial charge in [-0.3, -0.25) is 4.79 Å². The number of carbonyl (C=O) groups is 1. The average Bonchev–Trinajstić information content (AvgIpc) is 2.54. The molecule has 1 aromatic carbocycles. The summed E-state index contributed by atoms with van der Waals surface area (Å²) in [5.41, 5.74) is 3.90. The molecule has 1 aromatic rings. The Kier molecular flexibility index (Phi) is 7.29. The second-order valence-corrected chi connectivity index (χ2v) is 7.36. The van der Waals surface area contributed by atoms with Crippen LogP contribution in [0.25, 0.3) is 0 Å². The van der Waals surface area contributed by atoms with Gasteiger partial charge in [-0.2, -0.15) is 0 Å². The molecule has 0 N–H and O–H groups in total. The molecule has 1 saturated heterocycles. The van der Waals surface area contributed by atoms with E-state index in [2.05, 4.69) is 43.9 Å². The van der Waals surface area contributed by atoms with Crippen molar-refractivity contribution in [3.05, 3.63) is 34.9 Å². The molecule has 0 radical (unpaired) electrons. The summed E-state index contributed by atoms with van der Waals surface area (Å²) in [7, 11) is 0. The average molecular weight is 316 g/mol. The highest BCUT2D eigenvalue weighted by Crippen LogP contribution is 2.22. The smallest absolute Gasteiger partial charge is 0.137 e. The van der Waals surface area contributed by atoms with Crippen LogP contribution in [0.5, 0.6) is 0 Å². The number of unbranched alkanes of at least 4 members (excludes halogenated alkanes) is 1. The van der Waals surface area contributed by atoms with Crippen LogP contribution in [0.15, 0.2) is 18.2 Å². The van der Waals surface area contributed by atoms with Gasteiger partial charge in [0.05, 0.1) is 0 Å². The summed E-state index contributed by atoms with van der Waals surface area (Å²) in [6, 6.07) is 6.40. The van der Waals surface area contributed by atoms with Gasteiger partial charge in [0.2, 0.25) is 0 Å². The van der Waals surface area contributed by atoms with Crippen molar-refractivity contribution in [2.45, 2.75) is 71.6 Å². The summed E-state index contributed by atoms with van der Waals surface area (Å²) in [4.78, 5) is 14.8. The summed E-state index contributed by atoms with van der Waals surface area (Å²) in [5, 5.41) is 0. The molecule has 1 heterocycles. The first-order valence-corrected chi connectivity index (χ1v) is 9.40. The predicted molar refractivity (Wildman–Crippen MR) is 98.1 cm³/mol. The highest BCUT2D eigenvalue weighted by molar-refractivity contribution is 5.81. The van der Waals surface area contributed by atoms with Crippen molar-refractivity contribution in [2.24, 2.45) is 0 Å². The van der Waals surface area contributed by atoms with E-state index in [1.54, 1.807) is 0 Å². The van der Waals surface area contributed by atoms with Crippen LogP contribution in [0.2, 0.25) is 0 Å². The van der Waals surface area contributed by atoms with Gasteiger partial charge in [0.1, 0.15) is 5.78 Å². The Bertz CT molecular complexity index is 501. The first-order chi connectivity index (χ1) is 11.1. The molecule has 0 atom stereocenters. The molecule has 0 unspecified atom stereocenters. The van der Waals surface area contributed by atoms with E-state index in [1.165, 1.54) is 55.6 Å². The van der Waals surface area contributed by atoms with Gasteiger partial charge in [-0.25, -0.2) is 0 Å². The standard InChI is InChI=1S/C21H33NO/c1-17(2)21-12-9-10-19(18(21)3)16-20(23)11-5-8-15-22-13-6-4-7-14-22/h9-10,12,17H,4-8,11,13-16H2,1-3H3. The summed E-state index contributed by atoms with van der Waals surface area (Å²) < 4.78 is 0. The minimum absolute atomic E-state index is 0.396. The highest BCUT2D eigenvalue weighted by Gasteiger charge is 2.12. The Labute approximate surface area is 142 Å². The maximum Gasteiger partial charge on any atom is 0.137 e. The lowest BCUT2D eigenvalue weighted by atomic mass is 9.92. The maximum atomic E-state index is 12.3. The zero-order valence-electron chi connectivity index (χ0n) is 15.2. The molecule has 1 fully saturated rings. The van der Waals surface area contributed by atoms with E-state index in [9.17, 15) is 4.79 Å². The molecule has 128 valence electrons. The fraction of sp³-hybridized carbons (Fsp3) is 0.667. The van der Waals surface area contributed by atoms with Gasteiger partial charge in [-0.15, -0.1) is 0 Å². The number of hydrogen-bond acceptors (Lipinski definition) is 2. The van der Waals surface area contributed by atoms with E-state index in [0.29, 0.717) is 18.1 Å². The normalized spacial score (nSPS) is 16.0. The van der Waals surface area contributed by atoms with Crippen LogP contribution in [-0.4, -0.2) is 30.3 Å². The Hall–Kier alpha value is -1.15. The molecule has 1 aliphatic rings. The summed E-state index contributed by atoms with van der Waals surface area (Å²) in [5.74, 6) is 0.919. The first-order valence-electron chi connectivity index (χ1n) is 9.40. The van der Waals surface area contributed by atoms with Crippen LogP contribution in [0.3, 0.4) is 0 Å². The lowest BCUT2D eigenvalue weighted by molar-refractivity contribution is -0.118. The van der Waals surface area contributed by atoms with E-state index in [0.717, 1.165) is 19.3 Å². The molecule has 2 rings (SSSR count). The zero-order valence-corrected chi connectivity index (χ0v) is 15.2. The topological polar surface area (TPSA) is 20.3 Å². The van der Waals surface area contributed by atoms with Crippen molar-refractivity contribution in [3.63, 3.8) is 0 Å². The lowest BCUT2D eigenvalue weighted by Crippen LogP contribution is -2.30. The van der Waals surface area contributed by atoms with Crippen molar-refractivity contribution in [1.29, 1.82) is 0 Å². The quantitative estimate of drug-likeness (QED) is 0.637. The third kappa shape index (κ3) is 5.76. The molecule has 2 heteroatoms. The van der Waals surface area contributed by atoms with Crippen LogP contribution in [0, 0.1) is 6.92 Å². The molecule has 0 bridgehead atoms.